The van der Waals surface area contributed by atoms with Crippen LogP contribution in [0.3, 0.4) is 0 Å². The molecule has 0 bridgehead atoms. The van der Waals surface area contributed by atoms with Crippen LogP contribution in [0.5, 0.6) is 0 Å². The second kappa shape index (κ2) is 8.17. The van der Waals surface area contributed by atoms with Crippen LogP contribution in [0.4, 0.5) is 0 Å². The number of hydrogen-bond acceptors (Lipinski definition) is 3. The highest BCUT2D eigenvalue weighted by molar-refractivity contribution is 5.85. The first-order valence-electron chi connectivity index (χ1n) is 8.06. The summed E-state index contributed by atoms with van der Waals surface area (Å²) in [7, 11) is 0. The fourth-order valence-corrected chi connectivity index (χ4v) is 3.20. The van der Waals surface area contributed by atoms with E-state index in [0.717, 1.165) is 19.6 Å². The number of carbonyl (C=O) groups excluding carboxylic acids is 1. The molecule has 0 unspecified atom stereocenters. The van der Waals surface area contributed by atoms with Crippen molar-refractivity contribution >= 4 is 11.9 Å². The summed E-state index contributed by atoms with van der Waals surface area (Å²) in [6, 6.07) is 0. The van der Waals surface area contributed by atoms with Crippen LogP contribution in [0.1, 0.15) is 38.5 Å². The smallest absolute Gasteiger partial charge is 0.307 e. The van der Waals surface area contributed by atoms with E-state index in [4.69, 9.17) is 0 Å². The molecule has 5 nitrogen and oxygen atoms in total. The average molecular weight is 294 g/mol. The summed E-state index contributed by atoms with van der Waals surface area (Å²) in [6.07, 6.45) is 9.85. The number of nitrogens with one attached hydrogen (secondary N) is 1. The maximum absolute atomic E-state index is 12.2. The van der Waals surface area contributed by atoms with E-state index in [1.54, 1.807) is 0 Å². The minimum Gasteiger partial charge on any atom is -0.481 e. The number of carboxylic acid groups (broad SMARTS) is 1. The van der Waals surface area contributed by atoms with E-state index in [1.165, 1.54) is 25.7 Å². The van der Waals surface area contributed by atoms with Crippen molar-refractivity contribution in [2.75, 3.05) is 26.2 Å². The van der Waals surface area contributed by atoms with E-state index >= 15 is 0 Å². The molecule has 0 aromatic heterocycles. The third-order valence-electron chi connectivity index (χ3n) is 4.51. The van der Waals surface area contributed by atoms with Gasteiger partial charge in [0.1, 0.15) is 0 Å². The van der Waals surface area contributed by atoms with Crippen molar-refractivity contribution in [2.24, 2.45) is 11.8 Å². The Hall–Kier alpha value is -1.36. The number of hydrogen-bond donors (Lipinski definition) is 2. The lowest BCUT2D eigenvalue weighted by Gasteiger charge is -2.25. The van der Waals surface area contributed by atoms with Crippen molar-refractivity contribution in [1.82, 2.24) is 10.2 Å². The van der Waals surface area contributed by atoms with Gasteiger partial charge < -0.3 is 15.3 Å². The Morgan fingerprint density at radius 2 is 1.67 bits per heavy atom. The van der Waals surface area contributed by atoms with Crippen LogP contribution < -0.4 is 5.32 Å². The molecule has 0 aromatic carbocycles. The van der Waals surface area contributed by atoms with Crippen LogP contribution in [0.2, 0.25) is 0 Å². The highest BCUT2D eigenvalue weighted by Gasteiger charge is 2.33. The molecule has 118 valence electrons. The Balaban J connectivity index is 1.75. The molecule has 2 aliphatic rings. The van der Waals surface area contributed by atoms with Crippen LogP contribution in [0.25, 0.3) is 0 Å². The second-order valence-corrected chi connectivity index (χ2v) is 6.04. The first kappa shape index (κ1) is 16.0. The molecule has 0 spiro atoms. The van der Waals surface area contributed by atoms with E-state index in [2.05, 4.69) is 10.2 Å². The highest BCUT2D eigenvalue weighted by Crippen LogP contribution is 2.25. The summed E-state index contributed by atoms with van der Waals surface area (Å²) in [6.45, 7) is 3.71. The number of aliphatic carboxylic acids is 1. The predicted octanol–water partition coefficient (Wildman–Crippen LogP) is 1.65. The van der Waals surface area contributed by atoms with Gasteiger partial charge in [0.15, 0.2) is 0 Å². The summed E-state index contributed by atoms with van der Waals surface area (Å²) in [5.41, 5.74) is 0. The van der Waals surface area contributed by atoms with E-state index < -0.39 is 17.8 Å². The van der Waals surface area contributed by atoms with Crippen LogP contribution >= 0.6 is 0 Å². The molecule has 1 aliphatic carbocycles. The summed E-state index contributed by atoms with van der Waals surface area (Å²) < 4.78 is 0. The molecule has 0 saturated carbocycles. The number of rotatable bonds is 5. The van der Waals surface area contributed by atoms with Gasteiger partial charge in [-0.1, -0.05) is 25.0 Å². The largest absolute Gasteiger partial charge is 0.481 e. The zero-order valence-electron chi connectivity index (χ0n) is 12.6. The van der Waals surface area contributed by atoms with E-state index in [-0.39, 0.29) is 5.91 Å². The Morgan fingerprint density at radius 3 is 2.29 bits per heavy atom. The monoisotopic (exact) mass is 294 g/mol. The summed E-state index contributed by atoms with van der Waals surface area (Å²) >= 11 is 0. The van der Waals surface area contributed by atoms with E-state index in [9.17, 15) is 14.7 Å². The number of carboxylic acids is 1. The van der Waals surface area contributed by atoms with Crippen molar-refractivity contribution in [3.05, 3.63) is 12.2 Å². The van der Waals surface area contributed by atoms with Gasteiger partial charge in [0.2, 0.25) is 5.91 Å². The molecule has 1 fully saturated rings. The lowest BCUT2D eigenvalue weighted by molar-refractivity contribution is -0.147. The maximum atomic E-state index is 12.2. The number of likely N-dealkylation sites (tertiary alicyclic amines) is 1. The zero-order valence-corrected chi connectivity index (χ0v) is 12.6. The van der Waals surface area contributed by atoms with Crippen LogP contribution in [-0.4, -0.2) is 48.1 Å². The van der Waals surface area contributed by atoms with Gasteiger partial charge in [-0.25, -0.2) is 0 Å². The maximum Gasteiger partial charge on any atom is 0.307 e. The first-order chi connectivity index (χ1) is 10.2. The van der Waals surface area contributed by atoms with Crippen LogP contribution in [-0.2, 0) is 9.59 Å². The standard InChI is InChI=1S/C16H26N2O3/c19-15(13-7-3-4-8-14(13)16(20)21)17-9-12-18-10-5-1-2-6-11-18/h3-4,13-14H,1-2,5-12H2,(H,17,19)(H,20,21)/t13-,14+/m1/s1. The Labute approximate surface area is 126 Å². The minimum atomic E-state index is -0.869. The van der Waals surface area contributed by atoms with Crippen molar-refractivity contribution in [3.8, 4) is 0 Å². The van der Waals surface area contributed by atoms with Crippen molar-refractivity contribution in [2.45, 2.75) is 38.5 Å². The van der Waals surface area contributed by atoms with E-state index in [1.807, 2.05) is 12.2 Å². The number of allylic oxidation sites excluding steroid dienone is 2. The van der Waals surface area contributed by atoms with Crippen LogP contribution in [0, 0.1) is 11.8 Å². The zero-order chi connectivity index (χ0) is 15.1. The second-order valence-electron chi connectivity index (χ2n) is 6.04. The van der Waals surface area contributed by atoms with Gasteiger partial charge in [0, 0.05) is 13.1 Å². The van der Waals surface area contributed by atoms with Gasteiger partial charge in [-0.05, 0) is 38.8 Å². The van der Waals surface area contributed by atoms with Crippen LogP contribution in [0.15, 0.2) is 12.2 Å². The molecule has 1 aliphatic heterocycles. The molecule has 5 heteroatoms. The molecule has 2 atom stereocenters. The molecule has 2 rings (SSSR count). The topological polar surface area (TPSA) is 69.6 Å². The third-order valence-corrected chi connectivity index (χ3v) is 4.51. The SMILES string of the molecule is O=C(O)[C@H]1CC=CC[C@H]1C(=O)NCCN1CCCCCC1. The Kier molecular flexibility index (Phi) is 6.23. The molecule has 0 aromatic rings. The lowest BCUT2D eigenvalue weighted by atomic mass is 9.82. The van der Waals surface area contributed by atoms with Crippen molar-refractivity contribution in [3.63, 3.8) is 0 Å². The van der Waals surface area contributed by atoms with Gasteiger partial charge in [-0.15, -0.1) is 0 Å². The average Bonchev–Trinajstić information content (AvgIpc) is 2.76. The Bertz CT molecular complexity index is 387. The number of amides is 1. The first-order valence-corrected chi connectivity index (χ1v) is 8.06. The van der Waals surface area contributed by atoms with Crippen molar-refractivity contribution in [1.29, 1.82) is 0 Å². The molecular weight excluding hydrogens is 268 g/mol. The fourth-order valence-electron chi connectivity index (χ4n) is 3.20. The quantitative estimate of drug-likeness (QED) is 0.756. The summed E-state index contributed by atoms with van der Waals surface area (Å²) in [5, 5.41) is 12.1. The minimum absolute atomic E-state index is 0.110. The molecule has 2 N–H and O–H groups in total. The Morgan fingerprint density at radius 1 is 1.05 bits per heavy atom. The van der Waals surface area contributed by atoms with Gasteiger partial charge in [-0.3, -0.25) is 9.59 Å². The summed E-state index contributed by atoms with van der Waals surface area (Å²) in [5.74, 6) is -1.97. The molecule has 1 heterocycles. The predicted molar refractivity (Wildman–Crippen MR) is 80.9 cm³/mol. The fraction of sp³-hybridized carbons (Fsp3) is 0.750. The van der Waals surface area contributed by atoms with Gasteiger partial charge in [0.25, 0.3) is 0 Å². The van der Waals surface area contributed by atoms with Gasteiger partial charge in [0.05, 0.1) is 11.8 Å². The molecular formula is C16H26N2O3. The highest BCUT2D eigenvalue weighted by atomic mass is 16.4. The number of nitrogens with zero attached hydrogens (tertiary/aromatic N) is 1. The molecule has 21 heavy (non-hydrogen) atoms. The molecule has 0 radical (unpaired) electrons. The van der Waals surface area contributed by atoms with E-state index in [0.29, 0.717) is 19.4 Å². The number of carbonyl (C=O) groups is 2. The van der Waals surface area contributed by atoms with Crippen molar-refractivity contribution < 1.29 is 14.7 Å². The normalized spacial score (nSPS) is 27.0. The molecule has 1 amide bonds. The van der Waals surface area contributed by atoms with Gasteiger partial charge >= 0.3 is 5.97 Å². The third kappa shape index (κ3) is 4.84. The van der Waals surface area contributed by atoms with Gasteiger partial charge in [-0.2, -0.15) is 0 Å². The summed E-state index contributed by atoms with van der Waals surface area (Å²) in [4.78, 5) is 25.8. The molecule has 1 saturated heterocycles. The lowest BCUT2D eigenvalue weighted by Crippen LogP contribution is -2.42.